The van der Waals surface area contributed by atoms with Crippen molar-refractivity contribution in [2.75, 3.05) is 14.1 Å². The van der Waals surface area contributed by atoms with E-state index in [2.05, 4.69) is 5.10 Å². The van der Waals surface area contributed by atoms with Crippen LogP contribution in [-0.4, -0.2) is 42.2 Å². The van der Waals surface area contributed by atoms with Crippen molar-refractivity contribution < 1.29 is 14.7 Å². The molecule has 94 valence electrons. The van der Waals surface area contributed by atoms with Crippen LogP contribution in [0.25, 0.3) is 0 Å². The van der Waals surface area contributed by atoms with Gasteiger partial charge in [-0.2, -0.15) is 5.10 Å². The molecule has 5 nitrogen and oxygen atoms in total. The molecule has 0 amide bonds. The molecule has 1 aromatic rings. The summed E-state index contributed by atoms with van der Waals surface area (Å²) in [5.41, 5.74) is 1.54. The number of hydrogen-bond donors (Lipinski definition) is 1. The highest BCUT2D eigenvalue weighted by atomic mass is 16.4. The lowest BCUT2D eigenvalue weighted by atomic mass is 10.1. The molecule has 0 aliphatic heterocycles. The largest absolute Gasteiger partial charge is 0.478 e. The Morgan fingerprint density at radius 1 is 1.22 bits per heavy atom. The number of aromatic carboxylic acids is 1. The van der Waals surface area contributed by atoms with Crippen LogP contribution in [-0.2, 0) is 4.79 Å². The second kappa shape index (κ2) is 6.34. The Labute approximate surface area is 105 Å². The number of carboxylic acids is 1. The number of carbonyl (C=O) groups excluding carboxylic acids is 1. The van der Waals surface area contributed by atoms with Gasteiger partial charge in [-0.15, -0.1) is 0 Å². The highest BCUT2D eigenvalue weighted by Crippen LogP contribution is 2.07. The zero-order chi connectivity index (χ0) is 13.5. The summed E-state index contributed by atoms with van der Waals surface area (Å²) in [4.78, 5) is 21.1. The van der Waals surface area contributed by atoms with Crippen molar-refractivity contribution in [3.63, 3.8) is 0 Å². The molecule has 1 rings (SSSR count). The summed E-state index contributed by atoms with van der Waals surface area (Å²) in [6.07, 6.45) is 3.58. The minimum atomic E-state index is -0.976. The third-order valence-corrected chi connectivity index (χ3v) is 2.07. The Hall–Kier alpha value is -2.43. The van der Waals surface area contributed by atoms with Gasteiger partial charge in [0.15, 0.2) is 0 Å². The third-order valence-electron chi connectivity index (χ3n) is 2.07. The molecule has 1 N–H and O–H groups in total. The first-order chi connectivity index (χ1) is 8.54. The number of allylic oxidation sites excluding steroid dienone is 2. The maximum atomic E-state index is 10.7. The number of hydrazone groups is 1. The average Bonchev–Trinajstić information content (AvgIpc) is 2.34. The van der Waals surface area contributed by atoms with Gasteiger partial charge in [0, 0.05) is 19.7 Å². The first kappa shape index (κ1) is 13.6. The number of carboxylic acid groups (broad SMARTS) is 1. The lowest BCUT2D eigenvalue weighted by molar-refractivity contribution is -0.104. The van der Waals surface area contributed by atoms with Gasteiger partial charge in [-0.05, 0) is 24.3 Å². The molecular weight excluding hydrogens is 232 g/mol. The Morgan fingerprint density at radius 3 is 2.22 bits per heavy atom. The first-order valence-electron chi connectivity index (χ1n) is 5.26. The van der Waals surface area contributed by atoms with Gasteiger partial charge in [0.25, 0.3) is 0 Å². The topological polar surface area (TPSA) is 70.0 Å². The summed E-state index contributed by atoms with van der Waals surface area (Å²) in [5, 5.41) is 14.6. The first-order valence-corrected chi connectivity index (χ1v) is 5.26. The Kier molecular flexibility index (Phi) is 4.80. The minimum Gasteiger partial charge on any atom is -0.478 e. The van der Waals surface area contributed by atoms with Gasteiger partial charge in [0.05, 0.1) is 11.3 Å². The highest BCUT2D eigenvalue weighted by Gasteiger charge is 2.04. The van der Waals surface area contributed by atoms with Crippen LogP contribution in [0.1, 0.15) is 15.9 Å². The predicted octanol–water partition coefficient (Wildman–Crippen LogP) is 1.41. The van der Waals surface area contributed by atoms with Crippen molar-refractivity contribution in [3.8, 4) is 0 Å². The van der Waals surface area contributed by atoms with E-state index in [-0.39, 0.29) is 5.56 Å². The second-order valence-electron chi connectivity index (χ2n) is 3.71. The Balaban J connectivity index is 3.10. The molecule has 0 aromatic heterocycles. The molecule has 0 spiro atoms. The van der Waals surface area contributed by atoms with Gasteiger partial charge in [-0.25, -0.2) is 4.79 Å². The smallest absolute Gasteiger partial charge is 0.335 e. The quantitative estimate of drug-likeness (QED) is 0.369. The fourth-order valence-electron chi connectivity index (χ4n) is 1.32. The lowest BCUT2D eigenvalue weighted by Crippen LogP contribution is -2.08. The van der Waals surface area contributed by atoms with Crippen molar-refractivity contribution in [2.45, 2.75) is 0 Å². The van der Waals surface area contributed by atoms with Crippen molar-refractivity contribution >= 4 is 18.0 Å². The molecule has 0 saturated carbocycles. The zero-order valence-electron chi connectivity index (χ0n) is 10.2. The number of carbonyl (C=O) groups is 2. The van der Waals surface area contributed by atoms with E-state index in [9.17, 15) is 9.59 Å². The van der Waals surface area contributed by atoms with Crippen LogP contribution < -0.4 is 0 Å². The van der Waals surface area contributed by atoms with Crippen LogP contribution in [0.15, 0.2) is 41.5 Å². The number of nitrogens with zero attached hydrogens (tertiary/aromatic N) is 2. The molecule has 0 bridgehead atoms. The van der Waals surface area contributed by atoms with Crippen LogP contribution in [0.3, 0.4) is 0 Å². The van der Waals surface area contributed by atoms with E-state index in [0.717, 1.165) is 5.56 Å². The van der Waals surface area contributed by atoms with Crippen molar-refractivity contribution in [3.05, 3.63) is 47.5 Å². The normalized spacial score (nSPS) is 11.6. The summed E-state index contributed by atoms with van der Waals surface area (Å²) in [6.45, 7) is 0. The molecule has 0 unspecified atom stereocenters. The molecule has 0 atom stereocenters. The molecule has 5 heteroatoms. The Bertz CT molecular complexity index is 487. The summed E-state index contributed by atoms with van der Waals surface area (Å²) in [6, 6.07) is 6.30. The van der Waals surface area contributed by atoms with Gasteiger partial charge >= 0.3 is 5.97 Å². The van der Waals surface area contributed by atoms with E-state index in [0.29, 0.717) is 12.0 Å². The lowest BCUT2D eigenvalue weighted by Gasteiger charge is -2.08. The monoisotopic (exact) mass is 246 g/mol. The maximum absolute atomic E-state index is 10.7. The fraction of sp³-hybridized carbons (Fsp3) is 0.154. The molecule has 0 radical (unpaired) electrons. The SMILES string of the molecule is CN(C)/N=C(\C=C/C=O)c1ccc(C(=O)O)cc1. The molecule has 0 heterocycles. The van der Waals surface area contributed by atoms with Gasteiger partial charge in [-0.3, -0.25) is 4.79 Å². The van der Waals surface area contributed by atoms with Crippen LogP contribution in [0, 0.1) is 0 Å². The Morgan fingerprint density at radius 2 is 1.78 bits per heavy atom. The van der Waals surface area contributed by atoms with Gasteiger partial charge in [0.1, 0.15) is 6.29 Å². The molecule has 1 aromatic carbocycles. The standard InChI is InChI=1S/C13H14N2O3/c1-15(2)14-12(4-3-9-16)10-5-7-11(8-6-10)13(17)18/h3-9H,1-2H3,(H,17,18)/b4-3-,14-12+. The van der Waals surface area contributed by atoms with E-state index in [1.54, 1.807) is 37.3 Å². The maximum Gasteiger partial charge on any atom is 0.335 e. The van der Waals surface area contributed by atoms with Gasteiger partial charge < -0.3 is 10.1 Å². The summed E-state index contributed by atoms with van der Waals surface area (Å²) in [5.74, 6) is -0.976. The van der Waals surface area contributed by atoms with Gasteiger partial charge in [0.2, 0.25) is 0 Å². The summed E-state index contributed by atoms with van der Waals surface area (Å²) < 4.78 is 0. The number of benzene rings is 1. The predicted molar refractivity (Wildman–Crippen MR) is 68.8 cm³/mol. The molecular formula is C13H14N2O3. The van der Waals surface area contributed by atoms with Crippen molar-refractivity contribution in [1.82, 2.24) is 5.01 Å². The van der Waals surface area contributed by atoms with Crippen LogP contribution in [0.2, 0.25) is 0 Å². The van der Waals surface area contributed by atoms with E-state index in [1.165, 1.54) is 18.2 Å². The number of rotatable bonds is 5. The van der Waals surface area contributed by atoms with Crippen LogP contribution in [0.5, 0.6) is 0 Å². The third kappa shape index (κ3) is 3.86. The van der Waals surface area contributed by atoms with E-state index in [4.69, 9.17) is 5.11 Å². The number of aldehydes is 1. The van der Waals surface area contributed by atoms with Crippen molar-refractivity contribution in [2.24, 2.45) is 5.10 Å². The highest BCUT2D eigenvalue weighted by molar-refractivity contribution is 6.10. The van der Waals surface area contributed by atoms with E-state index in [1.807, 2.05) is 0 Å². The van der Waals surface area contributed by atoms with Crippen LogP contribution in [0.4, 0.5) is 0 Å². The van der Waals surface area contributed by atoms with Crippen LogP contribution >= 0.6 is 0 Å². The molecule has 18 heavy (non-hydrogen) atoms. The fourth-order valence-corrected chi connectivity index (χ4v) is 1.32. The average molecular weight is 246 g/mol. The summed E-state index contributed by atoms with van der Waals surface area (Å²) in [7, 11) is 3.53. The summed E-state index contributed by atoms with van der Waals surface area (Å²) >= 11 is 0. The molecule has 0 saturated heterocycles. The van der Waals surface area contributed by atoms with E-state index >= 15 is 0 Å². The molecule has 0 aliphatic carbocycles. The zero-order valence-corrected chi connectivity index (χ0v) is 10.2. The van der Waals surface area contributed by atoms with E-state index < -0.39 is 5.97 Å². The second-order valence-corrected chi connectivity index (χ2v) is 3.71. The van der Waals surface area contributed by atoms with Gasteiger partial charge in [-0.1, -0.05) is 12.1 Å². The minimum absolute atomic E-state index is 0.210. The molecule has 0 fully saturated rings. The number of hydrogen-bond acceptors (Lipinski definition) is 4. The molecule has 0 aliphatic rings. The van der Waals surface area contributed by atoms with Crippen molar-refractivity contribution in [1.29, 1.82) is 0 Å².